The fourth-order valence-corrected chi connectivity index (χ4v) is 4.87. The molecule has 2 aromatic carbocycles. The van der Waals surface area contributed by atoms with Crippen molar-refractivity contribution in [2.24, 2.45) is 23.7 Å². The molecule has 0 saturated heterocycles. The number of carbonyl (C=O) groups excluding carboxylic acids is 1. The van der Waals surface area contributed by atoms with Crippen LogP contribution in [0.2, 0.25) is 0 Å². The van der Waals surface area contributed by atoms with Gasteiger partial charge in [0.1, 0.15) is 0 Å². The third-order valence-corrected chi connectivity index (χ3v) is 6.18. The minimum atomic E-state index is -0.858. The highest BCUT2D eigenvalue weighted by molar-refractivity contribution is 5.86. The Morgan fingerprint density at radius 3 is 1.96 bits per heavy atom. The number of aliphatic carboxylic acids is 1. The lowest BCUT2D eigenvalue weighted by Crippen LogP contribution is -2.40. The normalized spacial score (nSPS) is 25.2. The van der Waals surface area contributed by atoms with Crippen LogP contribution in [-0.2, 0) is 9.59 Å². The number of amides is 1. The molecule has 28 heavy (non-hydrogen) atoms. The molecule has 2 N–H and O–H groups in total. The van der Waals surface area contributed by atoms with Crippen LogP contribution >= 0.6 is 0 Å². The van der Waals surface area contributed by atoms with Crippen LogP contribution < -0.4 is 5.32 Å². The number of nitrogens with one attached hydrogen (secondary N) is 1. The van der Waals surface area contributed by atoms with Gasteiger partial charge in [0.25, 0.3) is 0 Å². The largest absolute Gasteiger partial charge is 0.481 e. The molecule has 1 fully saturated rings. The molecular weight excluding hydrogens is 350 g/mol. The van der Waals surface area contributed by atoms with Gasteiger partial charge in [-0.1, -0.05) is 72.8 Å². The quantitative estimate of drug-likeness (QED) is 0.723. The van der Waals surface area contributed by atoms with Crippen LogP contribution in [0.1, 0.15) is 29.9 Å². The van der Waals surface area contributed by atoms with E-state index in [1.165, 1.54) is 11.1 Å². The predicted molar refractivity (Wildman–Crippen MR) is 108 cm³/mol. The van der Waals surface area contributed by atoms with Crippen LogP contribution in [0.15, 0.2) is 72.8 Å². The van der Waals surface area contributed by atoms with E-state index in [0.29, 0.717) is 6.54 Å². The Bertz CT molecular complexity index is 822. The van der Waals surface area contributed by atoms with Gasteiger partial charge < -0.3 is 10.4 Å². The van der Waals surface area contributed by atoms with Crippen molar-refractivity contribution in [3.8, 4) is 0 Å². The number of carboxylic acid groups (broad SMARTS) is 1. The van der Waals surface area contributed by atoms with Gasteiger partial charge in [0, 0.05) is 12.5 Å². The maximum atomic E-state index is 12.8. The van der Waals surface area contributed by atoms with Gasteiger partial charge in [0.15, 0.2) is 0 Å². The summed E-state index contributed by atoms with van der Waals surface area (Å²) in [4.78, 5) is 24.4. The number of rotatable bonds is 7. The van der Waals surface area contributed by atoms with Crippen LogP contribution in [0.4, 0.5) is 0 Å². The Labute approximate surface area is 165 Å². The zero-order valence-electron chi connectivity index (χ0n) is 15.7. The number of hydrogen-bond acceptors (Lipinski definition) is 2. The van der Waals surface area contributed by atoms with Gasteiger partial charge >= 0.3 is 5.97 Å². The van der Waals surface area contributed by atoms with E-state index in [4.69, 9.17) is 0 Å². The smallest absolute Gasteiger partial charge is 0.307 e. The second kappa shape index (κ2) is 8.01. The Morgan fingerprint density at radius 2 is 1.43 bits per heavy atom. The monoisotopic (exact) mass is 375 g/mol. The van der Waals surface area contributed by atoms with Gasteiger partial charge in [0.2, 0.25) is 5.91 Å². The number of carboxylic acids is 1. The van der Waals surface area contributed by atoms with Crippen LogP contribution in [-0.4, -0.2) is 23.5 Å². The van der Waals surface area contributed by atoms with E-state index >= 15 is 0 Å². The maximum Gasteiger partial charge on any atom is 0.307 e. The first-order valence-electron chi connectivity index (χ1n) is 9.94. The van der Waals surface area contributed by atoms with Crippen molar-refractivity contribution >= 4 is 11.9 Å². The first kappa shape index (κ1) is 18.5. The highest BCUT2D eigenvalue weighted by Gasteiger charge is 2.51. The first-order chi connectivity index (χ1) is 13.6. The summed E-state index contributed by atoms with van der Waals surface area (Å²) < 4.78 is 0. The van der Waals surface area contributed by atoms with Crippen molar-refractivity contribution in [1.82, 2.24) is 5.32 Å². The van der Waals surface area contributed by atoms with E-state index in [-0.39, 0.29) is 23.7 Å². The summed E-state index contributed by atoms with van der Waals surface area (Å²) in [5.74, 6) is -1.76. The van der Waals surface area contributed by atoms with Crippen LogP contribution in [0.25, 0.3) is 0 Å². The average molecular weight is 375 g/mol. The molecule has 2 aromatic rings. The minimum absolute atomic E-state index is 0.000337. The number of carbonyl (C=O) groups is 2. The average Bonchev–Trinajstić information content (AvgIpc) is 3.34. The third kappa shape index (κ3) is 3.59. The van der Waals surface area contributed by atoms with Crippen molar-refractivity contribution in [3.05, 3.63) is 83.9 Å². The molecule has 2 aliphatic carbocycles. The van der Waals surface area contributed by atoms with E-state index in [1.54, 1.807) is 0 Å². The first-order valence-corrected chi connectivity index (χ1v) is 9.94. The van der Waals surface area contributed by atoms with E-state index in [2.05, 4.69) is 29.6 Å². The molecule has 1 amide bonds. The maximum absolute atomic E-state index is 12.8. The molecule has 0 aliphatic heterocycles. The fourth-order valence-electron chi connectivity index (χ4n) is 4.87. The summed E-state index contributed by atoms with van der Waals surface area (Å²) in [6, 6.07) is 20.6. The highest BCUT2D eigenvalue weighted by atomic mass is 16.4. The summed E-state index contributed by atoms with van der Waals surface area (Å²) in [5.41, 5.74) is 2.43. The van der Waals surface area contributed by atoms with E-state index in [0.717, 1.165) is 12.8 Å². The molecule has 144 valence electrons. The molecule has 0 spiro atoms. The lowest BCUT2D eigenvalue weighted by molar-refractivity contribution is -0.147. The topological polar surface area (TPSA) is 66.4 Å². The van der Waals surface area contributed by atoms with Crippen LogP contribution in [0, 0.1) is 23.7 Å². The van der Waals surface area contributed by atoms with Crippen molar-refractivity contribution in [1.29, 1.82) is 0 Å². The molecule has 0 radical (unpaired) electrons. The van der Waals surface area contributed by atoms with Crippen molar-refractivity contribution in [3.63, 3.8) is 0 Å². The van der Waals surface area contributed by atoms with Crippen molar-refractivity contribution < 1.29 is 14.7 Å². The Hall–Kier alpha value is -2.88. The second-order valence-corrected chi connectivity index (χ2v) is 7.79. The molecule has 4 nitrogen and oxygen atoms in total. The fraction of sp³-hybridized carbons (Fsp3) is 0.333. The number of fused-ring (bicyclic) bond motifs is 2. The number of allylic oxidation sites excluding steroid dienone is 2. The molecule has 4 heteroatoms. The third-order valence-electron chi connectivity index (χ3n) is 6.18. The van der Waals surface area contributed by atoms with Gasteiger partial charge in [-0.05, 0) is 35.8 Å². The Morgan fingerprint density at radius 1 is 0.893 bits per heavy atom. The van der Waals surface area contributed by atoms with E-state index in [1.807, 2.05) is 48.6 Å². The van der Waals surface area contributed by atoms with Crippen LogP contribution in [0.3, 0.4) is 0 Å². The Balaban J connectivity index is 1.43. The summed E-state index contributed by atoms with van der Waals surface area (Å²) in [6.07, 6.45) is 5.54. The molecule has 2 aliphatic rings. The van der Waals surface area contributed by atoms with Crippen molar-refractivity contribution in [2.75, 3.05) is 6.54 Å². The van der Waals surface area contributed by atoms with Gasteiger partial charge in [-0.15, -0.1) is 0 Å². The zero-order valence-corrected chi connectivity index (χ0v) is 15.7. The summed E-state index contributed by atoms with van der Waals surface area (Å²) >= 11 is 0. The number of hydrogen-bond donors (Lipinski definition) is 2. The Kier molecular flexibility index (Phi) is 5.29. The van der Waals surface area contributed by atoms with E-state index < -0.39 is 17.8 Å². The van der Waals surface area contributed by atoms with Gasteiger partial charge in [-0.25, -0.2) is 0 Å². The summed E-state index contributed by atoms with van der Waals surface area (Å²) in [6.45, 7) is 0.525. The number of benzene rings is 2. The standard InChI is InChI=1S/C24H25NO3/c26-23(21-18-11-12-19(15-18)22(21)24(27)28)25-14-13-20(16-7-3-1-4-8-16)17-9-5-2-6-10-17/h1-12,18-22H,13-15H2,(H,25,26)(H,27,28)/t18-,19-,21-,22-/m0/s1. The lowest BCUT2D eigenvalue weighted by atomic mass is 9.82. The van der Waals surface area contributed by atoms with E-state index in [9.17, 15) is 14.7 Å². The summed E-state index contributed by atoms with van der Waals surface area (Å²) in [5, 5.41) is 12.6. The molecule has 1 saturated carbocycles. The molecule has 4 rings (SSSR count). The molecule has 0 unspecified atom stereocenters. The van der Waals surface area contributed by atoms with Gasteiger partial charge in [-0.2, -0.15) is 0 Å². The predicted octanol–water partition coefficient (Wildman–Crippen LogP) is 3.85. The highest BCUT2D eigenvalue weighted by Crippen LogP contribution is 2.48. The molecule has 2 bridgehead atoms. The lowest BCUT2D eigenvalue weighted by Gasteiger charge is -2.24. The summed E-state index contributed by atoms with van der Waals surface area (Å²) in [7, 11) is 0. The van der Waals surface area contributed by atoms with Crippen LogP contribution in [0.5, 0.6) is 0 Å². The van der Waals surface area contributed by atoms with Crippen molar-refractivity contribution in [2.45, 2.75) is 18.8 Å². The van der Waals surface area contributed by atoms with Gasteiger partial charge in [0.05, 0.1) is 11.8 Å². The van der Waals surface area contributed by atoms with Gasteiger partial charge in [-0.3, -0.25) is 9.59 Å². The second-order valence-electron chi connectivity index (χ2n) is 7.79. The zero-order chi connectivity index (χ0) is 19.5. The SMILES string of the molecule is O=C(O)[C@@H]1[C@@H](C(=O)NCCC(c2ccccc2)c2ccccc2)[C@H]2C=C[C@H]1C2. The molecule has 0 aromatic heterocycles. The molecular formula is C24H25NO3. The molecule has 4 atom stereocenters. The molecule has 0 heterocycles. The minimum Gasteiger partial charge on any atom is -0.481 e.